The van der Waals surface area contributed by atoms with E-state index in [9.17, 15) is 9.59 Å². The molecule has 4 atom stereocenters. The number of carbonyl (C=O) groups excluding carboxylic acids is 1. The molecule has 2 aromatic rings. The fraction of sp³-hybridized carbons (Fsp3) is 0.500. The Morgan fingerprint density at radius 3 is 2.46 bits per heavy atom. The molecule has 1 aromatic heterocycles. The summed E-state index contributed by atoms with van der Waals surface area (Å²) in [5, 5.41) is 0. The second-order valence-electron chi connectivity index (χ2n) is 11.1. The molecule has 3 fully saturated rings. The van der Waals surface area contributed by atoms with E-state index in [1.807, 2.05) is 19.9 Å². The first-order valence-corrected chi connectivity index (χ1v) is 12.0. The SMILES string of the molecule is COc1ccc(-c2cc3c(c(=O)o2)C=C2[C@@]4(C)C(=O)CCC(C)(C)[C@@]45O[C@H]5C[C@@]2(C)O3)cc1OC. The molecule has 6 rings (SSSR count). The molecule has 1 saturated heterocycles. The van der Waals surface area contributed by atoms with Gasteiger partial charge in [-0.3, -0.25) is 4.79 Å². The van der Waals surface area contributed by atoms with Crippen molar-refractivity contribution in [1.29, 1.82) is 0 Å². The van der Waals surface area contributed by atoms with Crippen molar-refractivity contribution >= 4 is 11.9 Å². The van der Waals surface area contributed by atoms with Crippen molar-refractivity contribution in [2.75, 3.05) is 14.2 Å². The van der Waals surface area contributed by atoms with E-state index in [1.165, 1.54) is 0 Å². The van der Waals surface area contributed by atoms with Gasteiger partial charge in [0.2, 0.25) is 0 Å². The largest absolute Gasteiger partial charge is 0.493 e. The summed E-state index contributed by atoms with van der Waals surface area (Å²) in [4.78, 5) is 26.7. The highest BCUT2D eigenvalue weighted by atomic mass is 16.6. The monoisotopic (exact) mass is 478 g/mol. The maximum absolute atomic E-state index is 13.5. The molecule has 1 aromatic carbocycles. The third-order valence-corrected chi connectivity index (χ3v) is 8.93. The van der Waals surface area contributed by atoms with Crippen LogP contribution in [0.3, 0.4) is 0 Å². The highest BCUT2D eigenvalue weighted by Gasteiger charge is 2.82. The summed E-state index contributed by atoms with van der Waals surface area (Å²) in [7, 11) is 3.12. The molecule has 0 unspecified atom stereocenters. The van der Waals surface area contributed by atoms with Crippen LogP contribution in [0.15, 0.2) is 39.1 Å². The minimum atomic E-state index is -0.863. The van der Waals surface area contributed by atoms with Gasteiger partial charge in [0.1, 0.15) is 34.1 Å². The molecule has 3 heterocycles. The second kappa shape index (κ2) is 6.78. The predicted octanol–water partition coefficient (Wildman–Crippen LogP) is 4.80. The van der Waals surface area contributed by atoms with Crippen LogP contribution >= 0.6 is 0 Å². The molecule has 35 heavy (non-hydrogen) atoms. The van der Waals surface area contributed by atoms with E-state index in [4.69, 9.17) is 23.4 Å². The normalized spacial score (nSPS) is 33.8. The number of hydrogen-bond acceptors (Lipinski definition) is 7. The van der Waals surface area contributed by atoms with Crippen molar-refractivity contribution in [2.45, 2.75) is 64.3 Å². The Labute approximate surface area is 204 Å². The van der Waals surface area contributed by atoms with Crippen molar-refractivity contribution < 1.29 is 28.2 Å². The first-order valence-electron chi connectivity index (χ1n) is 12.0. The van der Waals surface area contributed by atoms with Crippen LogP contribution in [0.2, 0.25) is 0 Å². The van der Waals surface area contributed by atoms with Gasteiger partial charge in [-0.15, -0.1) is 0 Å². The number of rotatable bonds is 3. The molecule has 0 bridgehead atoms. The molecule has 0 N–H and O–H groups in total. The van der Waals surface area contributed by atoms with Gasteiger partial charge in [0.15, 0.2) is 11.5 Å². The number of hydrogen-bond donors (Lipinski definition) is 0. The van der Waals surface area contributed by atoms with E-state index in [1.54, 1.807) is 38.5 Å². The fourth-order valence-corrected chi connectivity index (χ4v) is 7.11. The summed E-state index contributed by atoms with van der Waals surface area (Å²) in [5.41, 5.74) is -1.07. The van der Waals surface area contributed by atoms with E-state index in [2.05, 4.69) is 13.8 Å². The number of carbonyl (C=O) groups is 1. The van der Waals surface area contributed by atoms with E-state index >= 15 is 0 Å². The number of benzene rings is 1. The van der Waals surface area contributed by atoms with E-state index in [0.29, 0.717) is 47.0 Å². The van der Waals surface area contributed by atoms with Crippen LogP contribution in [-0.2, 0) is 9.53 Å². The van der Waals surface area contributed by atoms with Gasteiger partial charge in [0.05, 0.1) is 25.7 Å². The standard InChI is InChI=1S/C28H30O7/c1-25(2)10-9-22(29)27(4)21-12-16-19(34-26(21,3)14-23-28(25,27)35-23)13-18(33-24(16)30)15-7-8-17(31-5)20(11-15)32-6/h7-8,11-13,23H,9-10,14H2,1-6H3/t23-,26+,27-,28+/m0/s1. The number of methoxy groups -OCH3 is 2. The van der Waals surface area contributed by atoms with Gasteiger partial charge in [-0.25, -0.2) is 4.79 Å². The lowest BCUT2D eigenvalue weighted by Crippen LogP contribution is -2.65. The third kappa shape index (κ3) is 2.65. The summed E-state index contributed by atoms with van der Waals surface area (Å²) < 4.78 is 29.4. The first-order chi connectivity index (χ1) is 16.5. The minimum absolute atomic E-state index is 0.0686. The molecule has 0 radical (unpaired) electrons. The quantitative estimate of drug-likeness (QED) is 0.586. The summed E-state index contributed by atoms with van der Waals surface area (Å²) in [6.07, 6.45) is 3.66. The molecule has 7 nitrogen and oxygen atoms in total. The fourth-order valence-electron chi connectivity index (χ4n) is 7.11. The number of epoxide rings is 1. The van der Waals surface area contributed by atoms with Gasteiger partial charge in [-0.05, 0) is 55.5 Å². The lowest BCUT2D eigenvalue weighted by atomic mass is 9.46. The Bertz CT molecular complexity index is 1370. The maximum atomic E-state index is 13.5. The Morgan fingerprint density at radius 2 is 1.74 bits per heavy atom. The predicted molar refractivity (Wildman–Crippen MR) is 129 cm³/mol. The molecule has 1 spiro atoms. The van der Waals surface area contributed by atoms with Gasteiger partial charge in [-0.1, -0.05) is 13.8 Å². The number of fused-ring (bicyclic) bond motifs is 3. The molecule has 4 aliphatic rings. The van der Waals surface area contributed by atoms with Crippen molar-refractivity contribution in [3.8, 4) is 28.6 Å². The van der Waals surface area contributed by atoms with Crippen molar-refractivity contribution in [2.24, 2.45) is 10.8 Å². The summed E-state index contributed by atoms with van der Waals surface area (Å²) in [6.45, 7) is 8.34. The summed E-state index contributed by atoms with van der Waals surface area (Å²) in [5.74, 6) is 2.06. The van der Waals surface area contributed by atoms with Crippen LogP contribution in [0.5, 0.6) is 17.2 Å². The maximum Gasteiger partial charge on any atom is 0.347 e. The van der Waals surface area contributed by atoms with E-state index in [0.717, 1.165) is 12.0 Å². The average molecular weight is 479 g/mol. The lowest BCUT2D eigenvalue weighted by Gasteiger charge is -2.56. The van der Waals surface area contributed by atoms with Crippen LogP contribution in [0, 0.1) is 10.8 Å². The van der Waals surface area contributed by atoms with Crippen LogP contribution in [-0.4, -0.2) is 37.3 Å². The Hall–Kier alpha value is -3.06. The zero-order valence-electron chi connectivity index (χ0n) is 20.9. The first kappa shape index (κ1) is 22.4. The summed E-state index contributed by atoms with van der Waals surface area (Å²) >= 11 is 0. The molecule has 0 amide bonds. The molecule has 2 saturated carbocycles. The number of Topliss-reactive ketones (excluding diaryl/α,β-unsaturated/α-hetero) is 1. The van der Waals surface area contributed by atoms with Crippen LogP contribution in [0.25, 0.3) is 17.4 Å². The molecule has 2 aliphatic carbocycles. The molecular weight excluding hydrogens is 448 g/mol. The second-order valence-corrected chi connectivity index (χ2v) is 11.1. The molecule has 184 valence electrons. The van der Waals surface area contributed by atoms with Crippen molar-refractivity contribution in [1.82, 2.24) is 0 Å². The van der Waals surface area contributed by atoms with E-state index in [-0.39, 0.29) is 17.3 Å². The van der Waals surface area contributed by atoms with Gasteiger partial charge >= 0.3 is 5.63 Å². The zero-order valence-corrected chi connectivity index (χ0v) is 20.9. The van der Waals surface area contributed by atoms with E-state index < -0.39 is 22.2 Å². The molecule has 2 aliphatic heterocycles. The number of ether oxygens (including phenoxy) is 4. The van der Waals surface area contributed by atoms with Crippen molar-refractivity contribution in [3.05, 3.63) is 45.8 Å². The molecular formula is C28H30O7. The van der Waals surface area contributed by atoms with Gasteiger partial charge < -0.3 is 23.4 Å². The van der Waals surface area contributed by atoms with Crippen LogP contribution in [0.4, 0.5) is 0 Å². The topological polar surface area (TPSA) is 87.5 Å². The van der Waals surface area contributed by atoms with Crippen molar-refractivity contribution in [3.63, 3.8) is 0 Å². The number of ketones is 1. The molecule has 7 heteroatoms. The average Bonchev–Trinajstić information content (AvgIpc) is 3.56. The Morgan fingerprint density at radius 1 is 1.00 bits per heavy atom. The smallest absolute Gasteiger partial charge is 0.347 e. The van der Waals surface area contributed by atoms with Crippen LogP contribution in [0.1, 0.15) is 52.5 Å². The zero-order chi connectivity index (χ0) is 25.0. The Kier molecular flexibility index (Phi) is 4.34. The van der Waals surface area contributed by atoms with Gasteiger partial charge in [0, 0.05) is 24.5 Å². The Balaban J connectivity index is 1.50. The summed E-state index contributed by atoms with van der Waals surface area (Å²) in [6, 6.07) is 7.05. The third-order valence-electron chi connectivity index (χ3n) is 8.93. The van der Waals surface area contributed by atoms with Crippen LogP contribution < -0.4 is 19.8 Å². The lowest BCUT2D eigenvalue weighted by molar-refractivity contribution is -0.142. The minimum Gasteiger partial charge on any atom is -0.493 e. The van der Waals surface area contributed by atoms with Gasteiger partial charge in [-0.2, -0.15) is 0 Å². The highest BCUT2D eigenvalue weighted by molar-refractivity contribution is 5.94. The van der Waals surface area contributed by atoms with Gasteiger partial charge in [0.25, 0.3) is 0 Å². The highest BCUT2D eigenvalue weighted by Crippen LogP contribution is 2.73.